The third-order valence-electron chi connectivity index (χ3n) is 2.57. The van der Waals surface area contributed by atoms with Gasteiger partial charge in [0.2, 0.25) is 0 Å². The molecule has 1 saturated heterocycles. The predicted molar refractivity (Wildman–Crippen MR) is 62.4 cm³/mol. The first-order valence-electron chi connectivity index (χ1n) is 5.64. The smallest absolute Gasteiger partial charge is 0.151 e. The molecule has 0 aromatic carbocycles. The van der Waals surface area contributed by atoms with Crippen LogP contribution in [0.5, 0.6) is 0 Å². The van der Waals surface area contributed by atoms with Gasteiger partial charge in [-0.15, -0.1) is 0 Å². The van der Waals surface area contributed by atoms with E-state index in [0.29, 0.717) is 32.1 Å². The van der Waals surface area contributed by atoms with Crippen molar-refractivity contribution in [2.45, 2.75) is 18.9 Å². The Balaban J connectivity index is 2.04. The van der Waals surface area contributed by atoms with Gasteiger partial charge in [0, 0.05) is 19.7 Å². The van der Waals surface area contributed by atoms with E-state index in [2.05, 4.69) is 5.32 Å². The van der Waals surface area contributed by atoms with Crippen molar-refractivity contribution in [1.29, 1.82) is 0 Å². The third-order valence-corrected chi connectivity index (χ3v) is 4.40. The monoisotopic (exact) mass is 251 g/mol. The molecule has 0 aromatic rings. The number of ether oxygens (including phenoxy) is 2. The van der Waals surface area contributed by atoms with Crippen LogP contribution in [-0.2, 0) is 19.3 Å². The van der Waals surface area contributed by atoms with Crippen LogP contribution in [0, 0.1) is 0 Å². The maximum Gasteiger partial charge on any atom is 0.151 e. The Morgan fingerprint density at radius 2 is 2.12 bits per heavy atom. The van der Waals surface area contributed by atoms with Gasteiger partial charge in [0.25, 0.3) is 0 Å². The largest absolute Gasteiger partial charge is 0.382 e. The number of rotatable bonds is 7. The van der Waals surface area contributed by atoms with Gasteiger partial charge in [0.15, 0.2) is 9.84 Å². The van der Waals surface area contributed by atoms with Crippen LogP contribution in [0.4, 0.5) is 0 Å². The average molecular weight is 251 g/mol. The van der Waals surface area contributed by atoms with Crippen LogP contribution < -0.4 is 5.32 Å². The normalized spacial score (nSPS) is 24.4. The van der Waals surface area contributed by atoms with E-state index in [1.165, 1.54) is 0 Å². The fourth-order valence-corrected chi connectivity index (χ4v) is 3.43. The van der Waals surface area contributed by atoms with Gasteiger partial charge in [-0.2, -0.15) is 0 Å². The van der Waals surface area contributed by atoms with E-state index in [9.17, 15) is 8.42 Å². The molecule has 1 aliphatic rings. The Bertz CT molecular complexity index is 279. The molecule has 1 fully saturated rings. The first kappa shape index (κ1) is 13.9. The summed E-state index contributed by atoms with van der Waals surface area (Å²) in [5.74, 6) is 0.612. The van der Waals surface area contributed by atoms with Crippen molar-refractivity contribution in [2.24, 2.45) is 0 Å². The minimum absolute atomic E-state index is 0.102. The summed E-state index contributed by atoms with van der Waals surface area (Å²) in [5, 5.41) is 3.21. The Kier molecular flexibility index (Phi) is 6.26. The van der Waals surface area contributed by atoms with E-state index >= 15 is 0 Å². The summed E-state index contributed by atoms with van der Waals surface area (Å²) in [4.78, 5) is 0. The molecule has 0 saturated carbocycles. The number of hydrogen-bond donors (Lipinski definition) is 1. The van der Waals surface area contributed by atoms with Gasteiger partial charge in [0.1, 0.15) is 0 Å². The fraction of sp³-hybridized carbons (Fsp3) is 1.00. The fourth-order valence-electron chi connectivity index (χ4n) is 1.76. The van der Waals surface area contributed by atoms with E-state index in [1.54, 1.807) is 7.11 Å². The van der Waals surface area contributed by atoms with E-state index in [0.717, 1.165) is 12.8 Å². The van der Waals surface area contributed by atoms with Gasteiger partial charge in [-0.3, -0.25) is 0 Å². The number of hydrogen-bond acceptors (Lipinski definition) is 5. The summed E-state index contributed by atoms with van der Waals surface area (Å²) in [6, 6.07) is 0.102. The molecule has 16 heavy (non-hydrogen) atoms. The molecule has 1 atom stereocenters. The molecule has 1 unspecified atom stereocenters. The quantitative estimate of drug-likeness (QED) is 0.636. The van der Waals surface area contributed by atoms with Crippen LogP contribution in [0.25, 0.3) is 0 Å². The number of methoxy groups -OCH3 is 1. The lowest BCUT2D eigenvalue weighted by molar-refractivity contribution is 0.0711. The third kappa shape index (κ3) is 5.79. The summed E-state index contributed by atoms with van der Waals surface area (Å²) in [5.41, 5.74) is 0. The van der Waals surface area contributed by atoms with Gasteiger partial charge in [-0.25, -0.2) is 8.42 Å². The average Bonchev–Trinajstić information content (AvgIpc) is 2.22. The number of sulfone groups is 1. The Hall–Kier alpha value is -0.170. The summed E-state index contributed by atoms with van der Waals surface area (Å²) >= 11 is 0. The van der Waals surface area contributed by atoms with Crippen molar-refractivity contribution in [3.8, 4) is 0 Å². The molecule has 96 valence electrons. The topological polar surface area (TPSA) is 64.6 Å². The lowest BCUT2D eigenvalue weighted by Gasteiger charge is -2.22. The lowest BCUT2D eigenvalue weighted by Crippen LogP contribution is -2.41. The molecule has 0 radical (unpaired) electrons. The molecule has 0 spiro atoms. The van der Waals surface area contributed by atoms with Crippen molar-refractivity contribution in [3.63, 3.8) is 0 Å². The number of nitrogens with one attached hydrogen (secondary N) is 1. The van der Waals surface area contributed by atoms with Gasteiger partial charge in [-0.05, 0) is 12.8 Å². The van der Waals surface area contributed by atoms with Crippen molar-refractivity contribution >= 4 is 9.84 Å². The van der Waals surface area contributed by atoms with E-state index < -0.39 is 9.84 Å². The van der Waals surface area contributed by atoms with Gasteiger partial charge in [0.05, 0.1) is 31.3 Å². The van der Waals surface area contributed by atoms with E-state index in [4.69, 9.17) is 9.47 Å². The Labute approximate surface area is 97.4 Å². The molecule has 1 heterocycles. The summed E-state index contributed by atoms with van der Waals surface area (Å²) < 4.78 is 32.8. The molecule has 0 aromatic heterocycles. The SMILES string of the molecule is COCCOCCNC1CCCS(=O)(=O)C1. The highest BCUT2D eigenvalue weighted by molar-refractivity contribution is 7.91. The van der Waals surface area contributed by atoms with Crippen LogP contribution in [0.1, 0.15) is 12.8 Å². The molecule has 5 nitrogen and oxygen atoms in total. The highest BCUT2D eigenvalue weighted by Gasteiger charge is 2.23. The van der Waals surface area contributed by atoms with Crippen molar-refractivity contribution in [1.82, 2.24) is 5.32 Å². The van der Waals surface area contributed by atoms with Gasteiger partial charge < -0.3 is 14.8 Å². The molecule has 1 N–H and O–H groups in total. The second kappa shape index (κ2) is 7.21. The molecule has 0 aliphatic carbocycles. The molecule has 0 bridgehead atoms. The van der Waals surface area contributed by atoms with Crippen LogP contribution in [0.2, 0.25) is 0 Å². The highest BCUT2D eigenvalue weighted by atomic mass is 32.2. The summed E-state index contributed by atoms with van der Waals surface area (Å²) in [6.45, 7) is 2.47. The minimum atomic E-state index is -2.81. The Morgan fingerprint density at radius 1 is 1.31 bits per heavy atom. The zero-order valence-electron chi connectivity index (χ0n) is 9.78. The molecule has 1 rings (SSSR count). The van der Waals surface area contributed by atoms with Crippen molar-refractivity contribution < 1.29 is 17.9 Å². The Morgan fingerprint density at radius 3 is 2.81 bits per heavy atom. The first-order valence-corrected chi connectivity index (χ1v) is 7.47. The van der Waals surface area contributed by atoms with Gasteiger partial charge >= 0.3 is 0 Å². The summed E-state index contributed by atoms with van der Waals surface area (Å²) in [6.07, 6.45) is 1.71. The standard InChI is InChI=1S/C10H21NO4S/c1-14-6-7-15-5-4-11-10-3-2-8-16(12,13)9-10/h10-11H,2-9H2,1H3. The van der Waals surface area contributed by atoms with Crippen LogP contribution in [0.3, 0.4) is 0 Å². The van der Waals surface area contributed by atoms with Gasteiger partial charge in [-0.1, -0.05) is 0 Å². The van der Waals surface area contributed by atoms with Crippen LogP contribution in [0.15, 0.2) is 0 Å². The maximum atomic E-state index is 11.3. The predicted octanol–water partition coefficient (Wildman–Crippen LogP) is -0.184. The summed E-state index contributed by atoms with van der Waals surface area (Å²) in [7, 11) is -1.17. The second-order valence-corrected chi connectivity index (χ2v) is 6.24. The molecular weight excluding hydrogens is 230 g/mol. The van der Waals surface area contributed by atoms with Crippen molar-refractivity contribution in [3.05, 3.63) is 0 Å². The first-order chi connectivity index (χ1) is 7.64. The van der Waals surface area contributed by atoms with E-state index in [1.807, 2.05) is 0 Å². The minimum Gasteiger partial charge on any atom is -0.382 e. The lowest BCUT2D eigenvalue weighted by atomic mass is 10.2. The molecule has 0 amide bonds. The van der Waals surface area contributed by atoms with Crippen molar-refractivity contribution in [2.75, 3.05) is 45.0 Å². The van der Waals surface area contributed by atoms with Crippen LogP contribution >= 0.6 is 0 Å². The zero-order valence-corrected chi connectivity index (χ0v) is 10.6. The zero-order chi connectivity index (χ0) is 11.9. The molecular formula is C10H21NO4S. The second-order valence-electron chi connectivity index (χ2n) is 4.01. The molecule has 6 heteroatoms. The molecule has 1 aliphatic heterocycles. The van der Waals surface area contributed by atoms with E-state index in [-0.39, 0.29) is 11.8 Å². The van der Waals surface area contributed by atoms with Crippen LogP contribution in [-0.4, -0.2) is 59.4 Å². The highest BCUT2D eigenvalue weighted by Crippen LogP contribution is 2.11. The maximum absolute atomic E-state index is 11.3.